The molecule has 114 valence electrons. The monoisotopic (exact) mass is 297 g/mol. The van der Waals surface area contributed by atoms with Gasteiger partial charge in [0.05, 0.1) is 5.02 Å². The van der Waals surface area contributed by atoms with E-state index in [1.54, 1.807) is 6.20 Å². The molecule has 0 aliphatic carbocycles. The zero-order chi connectivity index (χ0) is 15.3. The lowest BCUT2D eigenvalue weighted by molar-refractivity contribution is 0.502. The maximum atomic E-state index is 6.23. The Hall–Kier alpha value is -0.800. The summed E-state index contributed by atoms with van der Waals surface area (Å²) in [5.74, 6) is 1.67. The van der Waals surface area contributed by atoms with Crippen LogP contribution in [0.4, 0.5) is 5.82 Å². The Balaban J connectivity index is 2.82. The quantitative estimate of drug-likeness (QED) is 0.821. The number of nitrogens with zero attached hydrogens (tertiary/aromatic N) is 2. The fourth-order valence-electron chi connectivity index (χ4n) is 2.18. The maximum absolute atomic E-state index is 6.23. The summed E-state index contributed by atoms with van der Waals surface area (Å²) in [6, 6.07) is 3.00. The smallest absolute Gasteiger partial charge is 0.128 e. The molecule has 1 aromatic heterocycles. The first-order valence-corrected chi connectivity index (χ1v) is 7.79. The van der Waals surface area contributed by atoms with Crippen LogP contribution in [0.2, 0.25) is 5.02 Å². The van der Waals surface area contributed by atoms with E-state index in [1.165, 1.54) is 0 Å². The van der Waals surface area contributed by atoms with Gasteiger partial charge in [-0.2, -0.15) is 0 Å². The fraction of sp³-hybridized carbons (Fsp3) is 0.688. The number of hydrogen-bond donors (Lipinski definition) is 1. The van der Waals surface area contributed by atoms with Crippen molar-refractivity contribution >= 4 is 17.4 Å². The Labute approximate surface area is 128 Å². The van der Waals surface area contributed by atoms with Gasteiger partial charge in [0.1, 0.15) is 5.82 Å². The van der Waals surface area contributed by atoms with Gasteiger partial charge >= 0.3 is 0 Å². The summed E-state index contributed by atoms with van der Waals surface area (Å²) in [6.07, 6.45) is 2.91. The summed E-state index contributed by atoms with van der Waals surface area (Å²) in [5, 5.41) is 4.13. The van der Waals surface area contributed by atoms with Crippen molar-refractivity contribution in [2.75, 3.05) is 11.9 Å². The molecular weight excluding hydrogens is 270 g/mol. The first kappa shape index (κ1) is 17.3. The molecule has 1 N–H and O–H groups in total. The third-order valence-corrected chi connectivity index (χ3v) is 3.80. The second kappa shape index (κ2) is 7.84. The van der Waals surface area contributed by atoms with Crippen molar-refractivity contribution in [1.82, 2.24) is 10.3 Å². The van der Waals surface area contributed by atoms with Crippen LogP contribution in [0.5, 0.6) is 0 Å². The van der Waals surface area contributed by atoms with E-state index < -0.39 is 0 Å². The van der Waals surface area contributed by atoms with Crippen molar-refractivity contribution in [3.05, 3.63) is 22.8 Å². The van der Waals surface area contributed by atoms with E-state index in [-0.39, 0.29) is 0 Å². The van der Waals surface area contributed by atoms with Gasteiger partial charge in [-0.3, -0.25) is 0 Å². The molecule has 0 aromatic carbocycles. The predicted molar refractivity (Wildman–Crippen MR) is 88.5 cm³/mol. The van der Waals surface area contributed by atoms with E-state index in [9.17, 15) is 0 Å². The number of rotatable bonds is 7. The molecule has 0 radical (unpaired) electrons. The van der Waals surface area contributed by atoms with Crippen molar-refractivity contribution in [2.45, 2.75) is 59.7 Å². The molecule has 0 bridgehead atoms. The molecule has 0 saturated carbocycles. The van der Waals surface area contributed by atoms with Crippen LogP contribution in [0.1, 0.15) is 46.6 Å². The fourth-order valence-corrected chi connectivity index (χ4v) is 2.35. The van der Waals surface area contributed by atoms with E-state index in [1.807, 2.05) is 0 Å². The molecule has 0 spiro atoms. The van der Waals surface area contributed by atoms with Crippen LogP contribution in [0, 0.1) is 5.92 Å². The third kappa shape index (κ3) is 5.29. The Kier molecular flexibility index (Phi) is 6.77. The molecule has 1 aromatic rings. The normalized spacial score (nSPS) is 13.1. The van der Waals surface area contributed by atoms with Crippen LogP contribution in [-0.4, -0.2) is 24.1 Å². The first-order valence-electron chi connectivity index (χ1n) is 7.41. The Morgan fingerprint density at radius 1 is 1.25 bits per heavy atom. The molecule has 3 nitrogen and oxygen atoms in total. The minimum absolute atomic E-state index is 0.445. The second-order valence-electron chi connectivity index (χ2n) is 6.26. The second-order valence-corrected chi connectivity index (χ2v) is 6.67. The molecule has 1 heterocycles. The van der Waals surface area contributed by atoms with Gasteiger partial charge in [0.2, 0.25) is 0 Å². The molecule has 1 unspecified atom stereocenters. The molecule has 0 aliphatic heterocycles. The Bertz CT molecular complexity index is 418. The zero-order valence-electron chi connectivity index (χ0n) is 13.6. The first-order chi connectivity index (χ1) is 9.31. The molecule has 20 heavy (non-hydrogen) atoms. The minimum Gasteiger partial charge on any atom is -0.357 e. The van der Waals surface area contributed by atoms with Crippen LogP contribution in [0.25, 0.3) is 0 Å². The van der Waals surface area contributed by atoms with E-state index in [0.29, 0.717) is 18.0 Å². The van der Waals surface area contributed by atoms with Gasteiger partial charge < -0.3 is 10.2 Å². The standard InChI is InChI=1S/C16H28ClN3/c1-11(2)7-13(5)20(6)16-8-14(9-18-12(3)4)15(17)10-19-16/h8,10-13,18H,7,9H2,1-6H3. The topological polar surface area (TPSA) is 28.2 Å². The molecule has 0 fully saturated rings. The van der Waals surface area contributed by atoms with Crippen molar-refractivity contribution in [2.24, 2.45) is 5.92 Å². The van der Waals surface area contributed by atoms with Crippen LogP contribution in [0.3, 0.4) is 0 Å². The predicted octanol–water partition coefficient (Wildman–Crippen LogP) is 4.10. The molecule has 4 heteroatoms. The van der Waals surface area contributed by atoms with Crippen LogP contribution in [-0.2, 0) is 6.54 Å². The largest absolute Gasteiger partial charge is 0.357 e. The summed E-state index contributed by atoms with van der Waals surface area (Å²) in [6.45, 7) is 11.8. The number of aromatic nitrogens is 1. The highest BCUT2D eigenvalue weighted by Crippen LogP contribution is 2.22. The SMILES string of the molecule is CC(C)CC(C)N(C)c1cc(CNC(C)C)c(Cl)cn1. The number of pyridine rings is 1. The number of nitrogens with one attached hydrogen (secondary N) is 1. The minimum atomic E-state index is 0.445. The average Bonchev–Trinajstić information content (AvgIpc) is 2.36. The van der Waals surface area contributed by atoms with Crippen molar-refractivity contribution in [3.63, 3.8) is 0 Å². The van der Waals surface area contributed by atoms with Gasteiger partial charge in [-0.25, -0.2) is 4.98 Å². The molecule has 1 atom stereocenters. The van der Waals surface area contributed by atoms with Crippen LogP contribution < -0.4 is 10.2 Å². The lowest BCUT2D eigenvalue weighted by Crippen LogP contribution is -2.31. The van der Waals surface area contributed by atoms with Crippen molar-refractivity contribution < 1.29 is 0 Å². The van der Waals surface area contributed by atoms with E-state index in [4.69, 9.17) is 11.6 Å². The molecular formula is C16H28ClN3. The summed E-state index contributed by atoms with van der Waals surface area (Å²) < 4.78 is 0. The summed E-state index contributed by atoms with van der Waals surface area (Å²) in [7, 11) is 2.10. The van der Waals surface area contributed by atoms with Crippen LogP contribution in [0.15, 0.2) is 12.3 Å². The van der Waals surface area contributed by atoms with Gasteiger partial charge in [0.15, 0.2) is 0 Å². The summed E-state index contributed by atoms with van der Waals surface area (Å²) in [4.78, 5) is 6.69. The van der Waals surface area contributed by atoms with E-state index >= 15 is 0 Å². The summed E-state index contributed by atoms with van der Waals surface area (Å²) >= 11 is 6.23. The lowest BCUT2D eigenvalue weighted by Gasteiger charge is -2.28. The number of hydrogen-bond acceptors (Lipinski definition) is 3. The summed E-state index contributed by atoms with van der Waals surface area (Å²) in [5.41, 5.74) is 1.11. The molecule has 0 amide bonds. The van der Waals surface area contributed by atoms with Crippen LogP contribution >= 0.6 is 11.6 Å². The van der Waals surface area contributed by atoms with Gasteiger partial charge in [0, 0.05) is 31.9 Å². The molecule has 0 aliphatic rings. The lowest BCUT2D eigenvalue weighted by atomic mass is 10.0. The van der Waals surface area contributed by atoms with Gasteiger partial charge in [-0.15, -0.1) is 0 Å². The highest BCUT2D eigenvalue weighted by molar-refractivity contribution is 6.31. The van der Waals surface area contributed by atoms with Crippen molar-refractivity contribution in [3.8, 4) is 0 Å². The maximum Gasteiger partial charge on any atom is 0.128 e. The molecule has 0 saturated heterocycles. The van der Waals surface area contributed by atoms with Crippen molar-refractivity contribution in [1.29, 1.82) is 0 Å². The van der Waals surface area contributed by atoms with Gasteiger partial charge in [0.25, 0.3) is 0 Å². The van der Waals surface area contributed by atoms with Gasteiger partial charge in [-0.1, -0.05) is 39.3 Å². The highest BCUT2D eigenvalue weighted by Gasteiger charge is 2.14. The zero-order valence-corrected chi connectivity index (χ0v) is 14.3. The Morgan fingerprint density at radius 3 is 2.45 bits per heavy atom. The number of halogens is 1. The average molecular weight is 298 g/mol. The number of anilines is 1. The van der Waals surface area contributed by atoms with E-state index in [0.717, 1.165) is 29.4 Å². The van der Waals surface area contributed by atoms with Gasteiger partial charge in [-0.05, 0) is 30.9 Å². The molecule has 1 rings (SSSR count). The highest BCUT2D eigenvalue weighted by atomic mass is 35.5. The van der Waals surface area contributed by atoms with E-state index in [2.05, 4.69) is 62.9 Å². The third-order valence-electron chi connectivity index (χ3n) is 3.46. The Morgan fingerprint density at radius 2 is 1.90 bits per heavy atom.